The van der Waals surface area contributed by atoms with E-state index in [-0.39, 0.29) is 6.03 Å². The predicted molar refractivity (Wildman–Crippen MR) is 70.3 cm³/mol. The number of nitrogens with zero attached hydrogens (tertiary/aromatic N) is 1. The van der Waals surface area contributed by atoms with Crippen LogP contribution in [0.15, 0.2) is 17.5 Å². The maximum Gasteiger partial charge on any atom is 0.317 e. The first kappa shape index (κ1) is 14.0. The Labute approximate surface area is 107 Å². The molecule has 5 heteroatoms. The van der Waals surface area contributed by atoms with Crippen molar-refractivity contribution in [2.75, 3.05) is 26.8 Å². The van der Waals surface area contributed by atoms with Gasteiger partial charge in [-0.1, -0.05) is 6.07 Å². The normalized spacial score (nSPS) is 10.2. The van der Waals surface area contributed by atoms with E-state index in [9.17, 15) is 4.79 Å². The highest BCUT2D eigenvalue weighted by Gasteiger charge is 2.11. The standard InChI is InChI=1S/C12H20N2O2S/c1-3-14(10-11-6-4-9-17-11)12(15)13-7-5-8-16-2/h4,6,9H,3,5,7-8,10H2,1-2H3,(H,13,15). The summed E-state index contributed by atoms with van der Waals surface area (Å²) in [7, 11) is 1.66. The van der Waals surface area contributed by atoms with E-state index in [2.05, 4.69) is 5.32 Å². The molecule has 0 radical (unpaired) electrons. The molecule has 0 saturated carbocycles. The minimum atomic E-state index is -0.00277. The van der Waals surface area contributed by atoms with Gasteiger partial charge in [0.2, 0.25) is 0 Å². The molecule has 0 aliphatic carbocycles. The lowest BCUT2D eigenvalue weighted by atomic mass is 10.4. The van der Waals surface area contributed by atoms with Gasteiger partial charge in [-0.25, -0.2) is 4.79 Å². The lowest BCUT2D eigenvalue weighted by molar-refractivity contribution is 0.185. The molecule has 1 rings (SSSR count). The number of ether oxygens (including phenoxy) is 1. The lowest BCUT2D eigenvalue weighted by Crippen LogP contribution is -2.39. The molecule has 0 saturated heterocycles. The molecular weight excluding hydrogens is 236 g/mol. The molecule has 1 N–H and O–H groups in total. The predicted octanol–water partition coefficient (Wildman–Crippen LogP) is 2.32. The van der Waals surface area contributed by atoms with Crippen molar-refractivity contribution in [3.63, 3.8) is 0 Å². The summed E-state index contributed by atoms with van der Waals surface area (Å²) in [5, 5.41) is 4.92. The molecule has 0 aromatic carbocycles. The molecule has 0 spiro atoms. The Morgan fingerprint density at radius 3 is 3.00 bits per heavy atom. The van der Waals surface area contributed by atoms with Gasteiger partial charge in [-0.05, 0) is 24.8 Å². The summed E-state index contributed by atoms with van der Waals surface area (Å²) in [5.74, 6) is 0. The molecule has 0 unspecified atom stereocenters. The lowest BCUT2D eigenvalue weighted by Gasteiger charge is -2.20. The molecule has 0 atom stereocenters. The monoisotopic (exact) mass is 256 g/mol. The number of urea groups is 1. The SMILES string of the molecule is CCN(Cc1cccs1)C(=O)NCCCOC. The van der Waals surface area contributed by atoms with Crippen LogP contribution in [0.1, 0.15) is 18.2 Å². The zero-order valence-corrected chi connectivity index (χ0v) is 11.3. The molecule has 17 heavy (non-hydrogen) atoms. The first-order valence-electron chi connectivity index (χ1n) is 5.82. The highest BCUT2D eigenvalue weighted by atomic mass is 32.1. The molecule has 2 amide bonds. The number of carbonyl (C=O) groups excluding carboxylic acids is 1. The number of hydrogen-bond acceptors (Lipinski definition) is 3. The van der Waals surface area contributed by atoms with Crippen molar-refractivity contribution in [2.45, 2.75) is 19.9 Å². The number of amides is 2. The Hall–Kier alpha value is -1.07. The number of nitrogens with one attached hydrogen (secondary N) is 1. The summed E-state index contributed by atoms with van der Waals surface area (Å²) >= 11 is 1.67. The highest BCUT2D eigenvalue weighted by molar-refractivity contribution is 7.09. The fourth-order valence-corrected chi connectivity index (χ4v) is 2.16. The molecule has 1 heterocycles. The van der Waals surface area contributed by atoms with Crippen LogP contribution < -0.4 is 5.32 Å². The highest BCUT2D eigenvalue weighted by Crippen LogP contribution is 2.11. The van der Waals surface area contributed by atoms with Crippen molar-refractivity contribution in [3.8, 4) is 0 Å². The molecule has 96 valence electrons. The Balaban J connectivity index is 2.31. The van der Waals surface area contributed by atoms with Crippen LogP contribution in [0.3, 0.4) is 0 Å². The molecule has 0 bridgehead atoms. The smallest absolute Gasteiger partial charge is 0.317 e. The number of rotatable bonds is 7. The maximum absolute atomic E-state index is 11.8. The summed E-state index contributed by atoms with van der Waals surface area (Å²) < 4.78 is 4.93. The second-order valence-electron chi connectivity index (χ2n) is 3.67. The number of hydrogen-bond donors (Lipinski definition) is 1. The van der Waals surface area contributed by atoms with Gasteiger partial charge >= 0.3 is 6.03 Å². The van der Waals surface area contributed by atoms with E-state index < -0.39 is 0 Å². The van der Waals surface area contributed by atoms with E-state index in [1.54, 1.807) is 23.3 Å². The summed E-state index contributed by atoms with van der Waals surface area (Å²) in [4.78, 5) is 14.9. The Morgan fingerprint density at radius 1 is 1.59 bits per heavy atom. The fourth-order valence-electron chi connectivity index (χ4n) is 1.44. The van der Waals surface area contributed by atoms with Crippen LogP contribution in [0.4, 0.5) is 4.79 Å². The van der Waals surface area contributed by atoms with Gasteiger partial charge in [0.1, 0.15) is 0 Å². The molecule has 1 aromatic heterocycles. The summed E-state index contributed by atoms with van der Waals surface area (Å²) in [5.41, 5.74) is 0. The van der Waals surface area contributed by atoms with Crippen molar-refractivity contribution < 1.29 is 9.53 Å². The first-order chi connectivity index (χ1) is 8.27. The average Bonchev–Trinajstić information content (AvgIpc) is 2.84. The van der Waals surface area contributed by atoms with Crippen LogP contribution in [0.2, 0.25) is 0 Å². The van der Waals surface area contributed by atoms with Crippen molar-refractivity contribution in [1.29, 1.82) is 0 Å². The molecule has 0 aliphatic heterocycles. The van der Waals surface area contributed by atoms with Gasteiger partial charge in [0.05, 0.1) is 6.54 Å². The van der Waals surface area contributed by atoms with Crippen LogP contribution in [-0.4, -0.2) is 37.7 Å². The van der Waals surface area contributed by atoms with E-state index in [0.717, 1.165) is 6.42 Å². The number of thiophene rings is 1. The van der Waals surface area contributed by atoms with Crippen LogP contribution in [0, 0.1) is 0 Å². The van der Waals surface area contributed by atoms with Crippen LogP contribution in [-0.2, 0) is 11.3 Å². The van der Waals surface area contributed by atoms with Crippen molar-refractivity contribution in [1.82, 2.24) is 10.2 Å². The zero-order valence-electron chi connectivity index (χ0n) is 10.4. The van der Waals surface area contributed by atoms with Gasteiger partial charge in [-0.2, -0.15) is 0 Å². The van der Waals surface area contributed by atoms with Crippen molar-refractivity contribution in [3.05, 3.63) is 22.4 Å². The van der Waals surface area contributed by atoms with E-state index >= 15 is 0 Å². The fraction of sp³-hybridized carbons (Fsp3) is 0.583. The van der Waals surface area contributed by atoms with E-state index in [0.29, 0.717) is 26.2 Å². The van der Waals surface area contributed by atoms with E-state index in [1.165, 1.54) is 4.88 Å². The summed E-state index contributed by atoms with van der Waals surface area (Å²) in [6.07, 6.45) is 0.846. The summed E-state index contributed by atoms with van der Waals surface area (Å²) in [6.45, 7) is 4.73. The molecule has 4 nitrogen and oxygen atoms in total. The van der Waals surface area contributed by atoms with E-state index in [1.807, 2.05) is 24.4 Å². The quantitative estimate of drug-likeness (QED) is 0.761. The largest absolute Gasteiger partial charge is 0.385 e. The van der Waals surface area contributed by atoms with Crippen LogP contribution in [0.5, 0.6) is 0 Å². The second-order valence-corrected chi connectivity index (χ2v) is 4.70. The van der Waals surface area contributed by atoms with Crippen molar-refractivity contribution >= 4 is 17.4 Å². The van der Waals surface area contributed by atoms with Crippen LogP contribution >= 0.6 is 11.3 Å². The van der Waals surface area contributed by atoms with Crippen LogP contribution in [0.25, 0.3) is 0 Å². The minimum Gasteiger partial charge on any atom is -0.385 e. The van der Waals surface area contributed by atoms with Gasteiger partial charge < -0.3 is 15.0 Å². The van der Waals surface area contributed by atoms with Gasteiger partial charge in [0.25, 0.3) is 0 Å². The third-order valence-corrected chi connectivity index (χ3v) is 3.26. The number of methoxy groups -OCH3 is 1. The van der Waals surface area contributed by atoms with E-state index in [4.69, 9.17) is 4.74 Å². The average molecular weight is 256 g/mol. The van der Waals surface area contributed by atoms with Gasteiger partial charge in [0, 0.05) is 31.7 Å². The third kappa shape index (κ3) is 5.19. The van der Waals surface area contributed by atoms with Crippen molar-refractivity contribution in [2.24, 2.45) is 0 Å². The Kier molecular flexibility index (Phi) is 6.65. The topological polar surface area (TPSA) is 41.6 Å². The van der Waals surface area contributed by atoms with Gasteiger partial charge in [-0.15, -0.1) is 11.3 Å². The first-order valence-corrected chi connectivity index (χ1v) is 6.70. The Bertz CT molecular complexity index is 314. The molecular formula is C12H20N2O2S. The zero-order chi connectivity index (χ0) is 12.5. The third-order valence-electron chi connectivity index (χ3n) is 2.40. The summed E-state index contributed by atoms with van der Waals surface area (Å²) in [6, 6.07) is 4.05. The van der Waals surface area contributed by atoms with Gasteiger partial charge in [-0.3, -0.25) is 0 Å². The number of carbonyl (C=O) groups is 1. The Morgan fingerprint density at radius 2 is 2.41 bits per heavy atom. The second kappa shape index (κ2) is 8.08. The maximum atomic E-state index is 11.8. The molecule has 1 aromatic rings. The minimum absolute atomic E-state index is 0.00277. The van der Waals surface area contributed by atoms with Gasteiger partial charge in [0.15, 0.2) is 0 Å². The molecule has 0 fully saturated rings. The molecule has 0 aliphatic rings.